The third-order valence-corrected chi connectivity index (χ3v) is 5.02. The van der Waals surface area contributed by atoms with E-state index in [4.69, 9.17) is 0 Å². The summed E-state index contributed by atoms with van der Waals surface area (Å²) in [5.74, 6) is 0.107. The van der Waals surface area contributed by atoms with Crippen LogP contribution in [0.15, 0.2) is 36.1 Å². The Morgan fingerprint density at radius 2 is 2.19 bits per heavy atom. The van der Waals surface area contributed by atoms with E-state index < -0.39 is 0 Å². The Bertz CT molecular complexity index is 577. The number of rotatable bonds is 5. The van der Waals surface area contributed by atoms with Gasteiger partial charge < -0.3 is 5.32 Å². The maximum Gasteiger partial charge on any atom is 0.221 e. The first-order chi connectivity index (χ1) is 10.3. The van der Waals surface area contributed by atoms with Gasteiger partial charge in [-0.1, -0.05) is 18.9 Å². The van der Waals surface area contributed by atoms with Gasteiger partial charge >= 0.3 is 0 Å². The van der Waals surface area contributed by atoms with Gasteiger partial charge in [-0.15, -0.1) is 11.3 Å². The molecule has 1 aliphatic rings. The van der Waals surface area contributed by atoms with Crippen LogP contribution in [0.5, 0.6) is 0 Å². The van der Waals surface area contributed by atoms with Gasteiger partial charge in [-0.2, -0.15) is 0 Å². The Morgan fingerprint density at radius 1 is 1.33 bits per heavy atom. The van der Waals surface area contributed by atoms with Gasteiger partial charge in [0.15, 0.2) is 0 Å². The van der Waals surface area contributed by atoms with Crippen molar-refractivity contribution in [2.75, 3.05) is 0 Å². The molecule has 2 aromatic heterocycles. The predicted octanol–water partition coefficient (Wildman–Crippen LogP) is 3.06. The number of carbonyl (C=O) groups is 1. The Labute approximate surface area is 128 Å². The summed E-state index contributed by atoms with van der Waals surface area (Å²) in [6, 6.07) is 3.91. The van der Waals surface area contributed by atoms with Crippen molar-refractivity contribution in [1.82, 2.24) is 15.3 Å². The van der Waals surface area contributed by atoms with Gasteiger partial charge in [-0.3, -0.25) is 9.78 Å². The molecule has 0 unspecified atom stereocenters. The second-order valence-electron chi connectivity index (χ2n) is 5.54. The number of nitrogens with one attached hydrogen (secondary N) is 1. The summed E-state index contributed by atoms with van der Waals surface area (Å²) in [5, 5.41) is 6.29. The molecule has 0 radical (unpaired) electrons. The van der Waals surface area contributed by atoms with Gasteiger partial charge in [0.2, 0.25) is 5.91 Å². The monoisotopic (exact) mass is 301 g/mol. The van der Waals surface area contributed by atoms with E-state index in [1.165, 1.54) is 0 Å². The summed E-state index contributed by atoms with van der Waals surface area (Å²) in [6.07, 6.45) is 10.9. The Kier molecular flexibility index (Phi) is 4.29. The van der Waals surface area contributed by atoms with Crippen LogP contribution in [-0.2, 0) is 16.8 Å². The molecule has 1 amide bonds. The molecule has 0 saturated heterocycles. The van der Waals surface area contributed by atoms with Gasteiger partial charge in [0.25, 0.3) is 0 Å². The van der Waals surface area contributed by atoms with E-state index in [-0.39, 0.29) is 11.4 Å². The van der Waals surface area contributed by atoms with Gasteiger partial charge in [0, 0.05) is 30.4 Å². The highest BCUT2D eigenvalue weighted by molar-refractivity contribution is 7.09. The number of amides is 1. The van der Waals surface area contributed by atoms with E-state index in [0.717, 1.165) is 42.7 Å². The fourth-order valence-corrected chi connectivity index (χ4v) is 3.82. The number of hydrogen-bond acceptors (Lipinski definition) is 4. The van der Waals surface area contributed by atoms with Crippen LogP contribution in [0.1, 0.15) is 42.7 Å². The molecule has 0 spiro atoms. The van der Waals surface area contributed by atoms with Crippen molar-refractivity contribution >= 4 is 17.2 Å². The van der Waals surface area contributed by atoms with Crippen LogP contribution in [0.2, 0.25) is 0 Å². The molecule has 1 N–H and O–H groups in total. The van der Waals surface area contributed by atoms with Crippen molar-refractivity contribution in [2.45, 2.75) is 44.1 Å². The number of hydrogen-bond donors (Lipinski definition) is 1. The smallest absolute Gasteiger partial charge is 0.221 e. The number of thiazole rings is 1. The van der Waals surface area contributed by atoms with Gasteiger partial charge in [-0.05, 0) is 30.9 Å². The van der Waals surface area contributed by atoms with Crippen molar-refractivity contribution in [2.24, 2.45) is 0 Å². The number of carbonyl (C=O) groups excluding carboxylic acids is 1. The molecule has 2 heterocycles. The topological polar surface area (TPSA) is 54.9 Å². The first-order valence-corrected chi connectivity index (χ1v) is 8.26. The average Bonchev–Trinajstić information content (AvgIpc) is 3.18. The fourth-order valence-electron chi connectivity index (χ4n) is 2.96. The van der Waals surface area contributed by atoms with Gasteiger partial charge in [0.05, 0.1) is 5.54 Å². The van der Waals surface area contributed by atoms with Crippen LogP contribution < -0.4 is 5.32 Å². The fraction of sp³-hybridized carbons (Fsp3) is 0.438. The third-order valence-electron chi connectivity index (χ3n) is 4.04. The number of nitrogens with zero attached hydrogens (tertiary/aromatic N) is 2. The molecule has 1 saturated carbocycles. The summed E-state index contributed by atoms with van der Waals surface area (Å²) in [6.45, 7) is 0. The molecule has 3 rings (SSSR count). The molecule has 1 fully saturated rings. The minimum Gasteiger partial charge on any atom is -0.344 e. The lowest BCUT2D eigenvalue weighted by molar-refractivity contribution is -0.123. The highest BCUT2D eigenvalue weighted by atomic mass is 32.1. The summed E-state index contributed by atoms with van der Waals surface area (Å²) in [7, 11) is 0. The maximum atomic E-state index is 12.3. The molecular formula is C16H19N3OS. The highest BCUT2D eigenvalue weighted by Crippen LogP contribution is 2.39. The molecule has 4 nitrogen and oxygen atoms in total. The van der Waals surface area contributed by atoms with E-state index in [9.17, 15) is 4.79 Å². The minimum atomic E-state index is -0.222. The summed E-state index contributed by atoms with van der Waals surface area (Å²) in [4.78, 5) is 20.8. The first kappa shape index (κ1) is 14.2. The second kappa shape index (κ2) is 6.35. The molecule has 0 atom stereocenters. The predicted molar refractivity (Wildman–Crippen MR) is 83.0 cm³/mol. The highest BCUT2D eigenvalue weighted by Gasteiger charge is 2.38. The Morgan fingerprint density at radius 3 is 2.86 bits per heavy atom. The van der Waals surface area contributed by atoms with Crippen molar-refractivity contribution < 1.29 is 4.79 Å². The van der Waals surface area contributed by atoms with Crippen molar-refractivity contribution in [1.29, 1.82) is 0 Å². The molecule has 0 bridgehead atoms. The molecule has 1 aliphatic carbocycles. The zero-order valence-corrected chi connectivity index (χ0v) is 12.7. The van der Waals surface area contributed by atoms with E-state index >= 15 is 0 Å². The quantitative estimate of drug-likeness (QED) is 0.923. The molecule has 110 valence electrons. The van der Waals surface area contributed by atoms with Crippen molar-refractivity contribution in [3.05, 3.63) is 46.7 Å². The minimum absolute atomic E-state index is 0.107. The zero-order chi connectivity index (χ0) is 14.5. The van der Waals surface area contributed by atoms with Crippen LogP contribution in [0.4, 0.5) is 0 Å². The molecule has 5 heteroatoms. The molecular weight excluding hydrogens is 282 g/mol. The molecule has 0 aliphatic heterocycles. The van der Waals surface area contributed by atoms with Gasteiger partial charge in [-0.25, -0.2) is 4.98 Å². The lowest BCUT2D eigenvalue weighted by Crippen LogP contribution is -2.43. The van der Waals surface area contributed by atoms with Crippen molar-refractivity contribution in [3.63, 3.8) is 0 Å². The van der Waals surface area contributed by atoms with E-state index in [2.05, 4.69) is 15.3 Å². The standard InChI is InChI=1S/C16H19N3OS/c20-14(6-5-13-4-3-9-17-12-13)19-16(7-1-2-8-16)15-18-10-11-21-15/h3-4,9-12H,1-2,5-8H2,(H,19,20). The van der Waals surface area contributed by atoms with E-state index in [1.54, 1.807) is 17.5 Å². The molecule has 0 aromatic carbocycles. The maximum absolute atomic E-state index is 12.3. The largest absolute Gasteiger partial charge is 0.344 e. The number of pyridine rings is 1. The van der Waals surface area contributed by atoms with Crippen LogP contribution in [0.3, 0.4) is 0 Å². The SMILES string of the molecule is O=C(CCc1cccnc1)NC1(c2nccs2)CCCC1. The summed E-state index contributed by atoms with van der Waals surface area (Å²) < 4.78 is 0. The molecule has 2 aromatic rings. The summed E-state index contributed by atoms with van der Waals surface area (Å²) in [5.41, 5.74) is 0.877. The van der Waals surface area contributed by atoms with Crippen LogP contribution in [0.25, 0.3) is 0 Å². The zero-order valence-electron chi connectivity index (χ0n) is 11.9. The molecule has 21 heavy (non-hydrogen) atoms. The normalized spacial score (nSPS) is 16.8. The van der Waals surface area contributed by atoms with Crippen LogP contribution in [0, 0.1) is 0 Å². The lowest BCUT2D eigenvalue weighted by atomic mass is 9.98. The third kappa shape index (κ3) is 3.29. The summed E-state index contributed by atoms with van der Waals surface area (Å²) >= 11 is 1.64. The average molecular weight is 301 g/mol. The van der Waals surface area contributed by atoms with Crippen LogP contribution in [-0.4, -0.2) is 15.9 Å². The van der Waals surface area contributed by atoms with Crippen LogP contribution >= 0.6 is 11.3 Å². The number of aryl methyl sites for hydroxylation is 1. The second-order valence-corrected chi connectivity index (χ2v) is 6.43. The van der Waals surface area contributed by atoms with Gasteiger partial charge in [0.1, 0.15) is 5.01 Å². The first-order valence-electron chi connectivity index (χ1n) is 7.38. The number of aromatic nitrogens is 2. The lowest BCUT2D eigenvalue weighted by Gasteiger charge is -2.28. The van der Waals surface area contributed by atoms with E-state index in [0.29, 0.717) is 6.42 Å². The van der Waals surface area contributed by atoms with E-state index in [1.807, 2.05) is 29.9 Å². The Hall–Kier alpha value is -1.75. The van der Waals surface area contributed by atoms with Crippen molar-refractivity contribution in [3.8, 4) is 0 Å². The Balaban J connectivity index is 1.62.